The number of H-pyrrole nitrogens is 1. The van der Waals surface area contributed by atoms with Crippen LogP contribution in [0.2, 0.25) is 0 Å². The van der Waals surface area contributed by atoms with Crippen molar-refractivity contribution in [1.82, 2.24) is 10.2 Å². The fourth-order valence-electron chi connectivity index (χ4n) is 0.517. The molecule has 68 valence electrons. The summed E-state index contributed by atoms with van der Waals surface area (Å²) in [6.07, 6.45) is 0.929. The van der Waals surface area contributed by atoms with Gasteiger partial charge in [-0.3, -0.25) is 5.10 Å². The van der Waals surface area contributed by atoms with E-state index in [1.54, 1.807) is 5.10 Å². The quantitative estimate of drug-likeness (QED) is 0.725. The van der Waals surface area contributed by atoms with Gasteiger partial charge in [0.2, 0.25) is 0 Å². The molecule has 0 spiro atoms. The summed E-state index contributed by atoms with van der Waals surface area (Å²) in [5.74, 6) is 0. The Hall–Kier alpha value is -1.05. The van der Waals surface area contributed by atoms with Crippen LogP contribution in [0.25, 0.3) is 0 Å². The van der Waals surface area contributed by atoms with Crippen LogP contribution in [0.5, 0.6) is 0 Å². The molecule has 0 fully saturated rings. The number of aromatic nitrogens is 2. The van der Waals surface area contributed by atoms with Crippen LogP contribution in [0.1, 0.15) is 0 Å². The van der Waals surface area contributed by atoms with Crippen molar-refractivity contribution in [3.05, 3.63) is 12.3 Å². The van der Waals surface area contributed by atoms with Crippen molar-refractivity contribution in [2.75, 3.05) is 0 Å². The van der Waals surface area contributed by atoms with Gasteiger partial charge in [0.25, 0.3) is 9.84 Å². The molecule has 0 bridgehead atoms. The number of hydrogen-bond donors (Lipinski definition) is 1. The van der Waals surface area contributed by atoms with Crippen LogP contribution in [0, 0.1) is 0 Å². The molecule has 0 radical (unpaired) electrons. The number of aromatic amines is 1. The Balaban J connectivity index is 3.22. The highest BCUT2D eigenvalue weighted by molar-refractivity contribution is 7.92. The zero-order chi connectivity index (χ0) is 9.41. The molecule has 8 heteroatoms. The Morgan fingerprint density at radius 2 is 2.00 bits per heavy atom. The predicted molar refractivity (Wildman–Crippen MR) is 31.8 cm³/mol. The first-order valence-corrected chi connectivity index (χ1v) is 4.15. The van der Waals surface area contributed by atoms with E-state index in [9.17, 15) is 21.6 Å². The Labute approximate surface area is 65.3 Å². The van der Waals surface area contributed by atoms with Gasteiger partial charge in [-0.15, -0.1) is 0 Å². The van der Waals surface area contributed by atoms with Crippen molar-refractivity contribution >= 4 is 9.84 Å². The molecule has 0 amide bonds. The van der Waals surface area contributed by atoms with Crippen molar-refractivity contribution in [3.8, 4) is 0 Å². The summed E-state index contributed by atoms with van der Waals surface area (Å²) >= 11 is 0. The normalized spacial score (nSPS) is 13.2. The van der Waals surface area contributed by atoms with Crippen molar-refractivity contribution in [2.45, 2.75) is 10.5 Å². The molecule has 4 nitrogen and oxygen atoms in total. The predicted octanol–water partition coefficient (Wildman–Crippen LogP) is 0.703. The molecule has 1 N–H and O–H groups in total. The van der Waals surface area contributed by atoms with Crippen LogP contribution in [0.4, 0.5) is 13.2 Å². The highest BCUT2D eigenvalue weighted by atomic mass is 32.2. The molecule has 0 aromatic carbocycles. The van der Waals surface area contributed by atoms with E-state index in [1.165, 1.54) is 0 Å². The van der Waals surface area contributed by atoms with Gasteiger partial charge in [-0.05, 0) is 6.07 Å². The van der Waals surface area contributed by atoms with Gasteiger partial charge >= 0.3 is 5.51 Å². The summed E-state index contributed by atoms with van der Waals surface area (Å²) in [6, 6.07) is 0.739. The first-order valence-electron chi connectivity index (χ1n) is 2.66. The average molecular weight is 200 g/mol. The second-order valence-corrected chi connectivity index (χ2v) is 3.78. The second-order valence-electron chi connectivity index (χ2n) is 1.87. The van der Waals surface area contributed by atoms with E-state index in [0.717, 1.165) is 12.3 Å². The Bertz CT molecular complexity index is 352. The lowest BCUT2D eigenvalue weighted by Gasteiger charge is -2.04. The number of halogens is 3. The summed E-state index contributed by atoms with van der Waals surface area (Å²) in [6.45, 7) is 0. The molecule has 0 aliphatic carbocycles. The third kappa shape index (κ3) is 1.29. The topological polar surface area (TPSA) is 62.8 Å². The number of rotatable bonds is 1. The zero-order valence-corrected chi connectivity index (χ0v) is 6.28. The molecular formula is C4H3F3N2O2S. The minimum Gasteiger partial charge on any atom is -0.267 e. The third-order valence-corrected chi connectivity index (χ3v) is 2.49. The van der Waals surface area contributed by atoms with Gasteiger partial charge in [-0.2, -0.15) is 18.3 Å². The number of alkyl halides is 3. The van der Waals surface area contributed by atoms with E-state index in [0.29, 0.717) is 0 Å². The SMILES string of the molecule is O=S(=O)(c1ccn[nH]1)C(F)(F)F. The first kappa shape index (κ1) is 9.04. The lowest BCUT2D eigenvalue weighted by atomic mass is 10.8. The lowest BCUT2D eigenvalue weighted by molar-refractivity contribution is -0.0438. The smallest absolute Gasteiger partial charge is 0.267 e. The summed E-state index contributed by atoms with van der Waals surface area (Å²) in [5.41, 5.74) is -5.28. The Kier molecular flexibility index (Phi) is 1.86. The van der Waals surface area contributed by atoms with E-state index < -0.39 is 20.4 Å². The van der Waals surface area contributed by atoms with Gasteiger partial charge in [0, 0.05) is 0 Å². The molecule has 0 unspecified atom stereocenters. The maximum atomic E-state index is 11.8. The average Bonchev–Trinajstić information content (AvgIpc) is 2.34. The Morgan fingerprint density at radius 1 is 1.42 bits per heavy atom. The summed E-state index contributed by atoms with van der Waals surface area (Å²) < 4.78 is 56.3. The van der Waals surface area contributed by atoms with Gasteiger partial charge in [0.1, 0.15) is 0 Å². The fourth-order valence-corrected chi connectivity index (χ4v) is 1.18. The van der Waals surface area contributed by atoms with Crippen molar-refractivity contribution in [2.24, 2.45) is 0 Å². The highest BCUT2D eigenvalue weighted by Crippen LogP contribution is 2.28. The van der Waals surface area contributed by atoms with Crippen LogP contribution < -0.4 is 0 Å². The van der Waals surface area contributed by atoms with Crippen LogP contribution in [0.15, 0.2) is 17.3 Å². The third-order valence-electron chi connectivity index (χ3n) is 1.07. The van der Waals surface area contributed by atoms with E-state index in [-0.39, 0.29) is 0 Å². The van der Waals surface area contributed by atoms with E-state index in [2.05, 4.69) is 5.10 Å². The molecule has 0 aliphatic rings. The summed E-state index contributed by atoms with van der Waals surface area (Å²) in [5, 5.41) is 3.87. The van der Waals surface area contributed by atoms with Gasteiger partial charge in [0.05, 0.1) is 6.20 Å². The number of sulfone groups is 1. The van der Waals surface area contributed by atoms with E-state index in [4.69, 9.17) is 0 Å². The lowest BCUT2D eigenvalue weighted by Crippen LogP contribution is -2.23. The first-order chi connectivity index (χ1) is 5.36. The maximum absolute atomic E-state index is 11.8. The minimum absolute atomic E-state index is 0.739. The standard InChI is InChI=1S/C4H3F3N2O2S/c5-4(6,7)12(10,11)3-1-2-8-9-3/h1-2H,(H,8,9). The van der Waals surface area contributed by atoms with Gasteiger partial charge < -0.3 is 0 Å². The molecule has 1 aromatic rings. The highest BCUT2D eigenvalue weighted by Gasteiger charge is 2.47. The molecule has 12 heavy (non-hydrogen) atoms. The largest absolute Gasteiger partial charge is 0.503 e. The van der Waals surface area contributed by atoms with Crippen LogP contribution in [-0.2, 0) is 9.84 Å². The molecule has 1 rings (SSSR count). The molecule has 1 aromatic heterocycles. The molecule has 0 atom stereocenters. The van der Waals surface area contributed by atoms with Gasteiger partial charge in [-0.25, -0.2) is 8.42 Å². The van der Waals surface area contributed by atoms with Gasteiger partial charge in [0.15, 0.2) is 5.03 Å². The van der Waals surface area contributed by atoms with Crippen LogP contribution in [0.3, 0.4) is 0 Å². The van der Waals surface area contributed by atoms with E-state index in [1.807, 2.05) is 0 Å². The van der Waals surface area contributed by atoms with Crippen molar-refractivity contribution in [3.63, 3.8) is 0 Å². The van der Waals surface area contributed by atoms with E-state index >= 15 is 0 Å². The molecule has 1 heterocycles. The summed E-state index contributed by atoms with van der Waals surface area (Å²) in [7, 11) is -5.25. The molecule has 0 saturated carbocycles. The van der Waals surface area contributed by atoms with Crippen molar-refractivity contribution < 1.29 is 21.6 Å². The second kappa shape index (κ2) is 2.47. The molecular weight excluding hydrogens is 197 g/mol. The van der Waals surface area contributed by atoms with Crippen LogP contribution >= 0.6 is 0 Å². The minimum atomic E-state index is -5.28. The number of nitrogens with one attached hydrogen (secondary N) is 1. The maximum Gasteiger partial charge on any atom is 0.503 e. The summed E-state index contributed by atoms with van der Waals surface area (Å²) in [4.78, 5) is 0. The Morgan fingerprint density at radius 3 is 2.33 bits per heavy atom. The molecule has 0 saturated heterocycles. The fraction of sp³-hybridized carbons (Fsp3) is 0.250. The number of nitrogens with zero attached hydrogens (tertiary/aromatic N) is 1. The van der Waals surface area contributed by atoms with Gasteiger partial charge in [-0.1, -0.05) is 0 Å². The zero-order valence-electron chi connectivity index (χ0n) is 5.46. The molecule has 0 aliphatic heterocycles. The van der Waals surface area contributed by atoms with Crippen LogP contribution in [-0.4, -0.2) is 24.1 Å². The van der Waals surface area contributed by atoms with Crippen molar-refractivity contribution in [1.29, 1.82) is 0 Å². The monoisotopic (exact) mass is 200 g/mol. The number of hydrogen-bond acceptors (Lipinski definition) is 3.